The van der Waals surface area contributed by atoms with Gasteiger partial charge < -0.3 is 4.90 Å². The zero-order chi connectivity index (χ0) is 10.1. The summed E-state index contributed by atoms with van der Waals surface area (Å²) >= 11 is 5.81. The van der Waals surface area contributed by atoms with Gasteiger partial charge in [0.25, 0.3) is 0 Å². The summed E-state index contributed by atoms with van der Waals surface area (Å²) < 4.78 is 0. The Bertz CT molecular complexity index is 316. The van der Waals surface area contributed by atoms with E-state index < -0.39 is 0 Å². The van der Waals surface area contributed by atoms with Gasteiger partial charge in [0, 0.05) is 24.8 Å². The molecule has 1 aromatic heterocycles. The minimum atomic E-state index is 0.339. The molecule has 4 heteroatoms. The third-order valence-electron chi connectivity index (χ3n) is 2.80. The summed E-state index contributed by atoms with van der Waals surface area (Å²) in [4.78, 5) is 10.5. The average molecular weight is 212 g/mol. The zero-order valence-corrected chi connectivity index (χ0v) is 9.25. The maximum Gasteiger partial charge on any atom is 0.224 e. The van der Waals surface area contributed by atoms with Crippen LogP contribution in [0.1, 0.15) is 25.0 Å². The molecule has 0 atom stereocenters. The van der Waals surface area contributed by atoms with Gasteiger partial charge in [-0.05, 0) is 37.8 Å². The lowest BCUT2D eigenvalue weighted by Crippen LogP contribution is -2.37. The molecule has 0 amide bonds. The van der Waals surface area contributed by atoms with E-state index in [-0.39, 0.29) is 0 Å². The van der Waals surface area contributed by atoms with Crippen molar-refractivity contribution in [3.8, 4) is 0 Å². The van der Waals surface area contributed by atoms with Gasteiger partial charge in [0.1, 0.15) is 5.82 Å². The number of anilines is 1. The molecule has 1 saturated carbocycles. The maximum absolute atomic E-state index is 5.81. The lowest BCUT2D eigenvalue weighted by molar-refractivity contribution is 0.399. The van der Waals surface area contributed by atoms with E-state index in [1.807, 2.05) is 13.0 Å². The fourth-order valence-electron chi connectivity index (χ4n) is 1.66. The summed E-state index contributed by atoms with van der Waals surface area (Å²) in [5.74, 6) is 0.937. The van der Waals surface area contributed by atoms with Crippen molar-refractivity contribution in [3.05, 3.63) is 17.0 Å². The van der Waals surface area contributed by atoms with Crippen LogP contribution >= 0.6 is 11.6 Å². The summed E-state index contributed by atoms with van der Waals surface area (Å²) in [5, 5.41) is 0.339. The van der Waals surface area contributed by atoms with Crippen molar-refractivity contribution < 1.29 is 0 Å². The molecule has 76 valence electrons. The second-order valence-electron chi connectivity index (χ2n) is 3.83. The highest BCUT2D eigenvalue weighted by molar-refractivity contribution is 6.28. The van der Waals surface area contributed by atoms with Crippen LogP contribution in [-0.4, -0.2) is 23.1 Å². The topological polar surface area (TPSA) is 29.0 Å². The Morgan fingerprint density at radius 2 is 2.14 bits per heavy atom. The Balaban J connectivity index is 2.21. The highest BCUT2D eigenvalue weighted by Crippen LogP contribution is 2.27. The van der Waals surface area contributed by atoms with E-state index >= 15 is 0 Å². The fourth-order valence-corrected chi connectivity index (χ4v) is 1.88. The van der Waals surface area contributed by atoms with Crippen LogP contribution in [0.5, 0.6) is 0 Å². The molecule has 0 aromatic carbocycles. The summed E-state index contributed by atoms with van der Waals surface area (Å²) in [6, 6.07) is 2.62. The molecule has 1 aliphatic rings. The Morgan fingerprint density at radius 3 is 2.64 bits per heavy atom. The van der Waals surface area contributed by atoms with E-state index in [1.165, 1.54) is 19.3 Å². The van der Waals surface area contributed by atoms with E-state index in [2.05, 4.69) is 21.9 Å². The van der Waals surface area contributed by atoms with E-state index in [9.17, 15) is 0 Å². The Morgan fingerprint density at radius 1 is 1.43 bits per heavy atom. The molecule has 1 fully saturated rings. The number of nitrogens with zero attached hydrogens (tertiary/aromatic N) is 3. The molecule has 0 bridgehead atoms. The summed E-state index contributed by atoms with van der Waals surface area (Å²) in [5.41, 5.74) is 0.922. The first-order chi connectivity index (χ1) is 6.66. The minimum Gasteiger partial charge on any atom is -0.357 e. The molecule has 0 saturated heterocycles. The summed E-state index contributed by atoms with van der Waals surface area (Å²) in [7, 11) is 2.07. The number of hydrogen-bond acceptors (Lipinski definition) is 3. The third kappa shape index (κ3) is 1.82. The van der Waals surface area contributed by atoms with Crippen LogP contribution in [0.4, 0.5) is 5.82 Å². The van der Waals surface area contributed by atoms with Crippen molar-refractivity contribution in [2.45, 2.75) is 32.2 Å². The first kappa shape index (κ1) is 9.71. The van der Waals surface area contributed by atoms with Gasteiger partial charge >= 0.3 is 0 Å². The highest BCUT2D eigenvalue weighted by atomic mass is 35.5. The predicted molar refractivity (Wildman–Crippen MR) is 57.8 cm³/mol. The molecule has 1 aliphatic carbocycles. The molecule has 3 nitrogen and oxygen atoms in total. The molecule has 1 aromatic rings. The third-order valence-corrected chi connectivity index (χ3v) is 2.97. The predicted octanol–water partition coefficient (Wildman–Crippen LogP) is 2.43. The van der Waals surface area contributed by atoms with E-state index in [4.69, 9.17) is 11.6 Å². The van der Waals surface area contributed by atoms with Crippen LogP contribution in [0.25, 0.3) is 0 Å². The van der Waals surface area contributed by atoms with Gasteiger partial charge in [-0.1, -0.05) is 0 Å². The van der Waals surface area contributed by atoms with Gasteiger partial charge in [-0.25, -0.2) is 9.97 Å². The smallest absolute Gasteiger partial charge is 0.224 e. The molecule has 0 aliphatic heterocycles. The maximum atomic E-state index is 5.81. The first-order valence-electron chi connectivity index (χ1n) is 4.91. The molecule has 14 heavy (non-hydrogen) atoms. The van der Waals surface area contributed by atoms with Gasteiger partial charge in [-0.3, -0.25) is 0 Å². The lowest BCUT2D eigenvalue weighted by Gasteiger charge is -2.35. The van der Waals surface area contributed by atoms with Crippen molar-refractivity contribution in [1.29, 1.82) is 0 Å². The quantitative estimate of drug-likeness (QED) is 0.704. The van der Waals surface area contributed by atoms with Crippen LogP contribution in [0.15, 0.2) is 6.07 Å². The Hall–Kier alpha value is -0.830. The highest BCUT2D eigenvalue weighted by Gasteiger charge is 2.23. The van der Waals surface area contributed by atoms with Gasteiger partial charge in [0.15, 0.2) is 0 Å². The summed E-state index contributed by atoms with van der Waals surface area (Å²) in [6.07, 6.45) is 3.85. The minimum absolute atomic E-state index is 0.339. The lowest BCUT2D eigenvalue weighted by atomic mass is 9.92. The van der Waals surface area contributed by atoms with E-state index in [1.54, 1.807) is 0 Å². The van der Waals surface area contributed by atoms with Crippen molar-refractivity contribution in [3.63, 3.8) is 0 Å². The molecule has 0 radical (unpaired) electrons. The number of hydrogen-bond donors (Lipinski definition) is 0. The van der Waals surface area contributed by atoms with Gasteiger partial charge in [-0.2, -0.15) is 0 Å². The van der Waals surface area contributed by atoms with Crippen molar-refractivity contribution in [1.82, 2.24) is 9.97 Å². The van der Waals surface area contributed by atoms with Gasteiger partial charge in [0.2, 0.25) is 5.28 Å². The van der Waals surface area contributed by atoms with Crippen LogP contribution in [0, 0.1) is 6.92 Å². The number of aryl methyl sites for hydroxylation is 1. The second-order valence-corrected chi connectivity index (χ2v) is 4.17. The van der Waals surface area contributed by atoms with Gasteiger partial charge in [0.05, 0.1) is 0 Å². The Kier molecular flexibility index (Phi) is 2.59. The summed E-state index contributed by atoms with van der Waals surface area (Å²) in [6.45, 7) is 1.94. The van der Waals surface area contributed by atoms with Gasteiger partial charge in [-0.15, -0.1) is 0 Å². The van der Waals surface area contributed by atoms with Crippen LogP contribution in [0.2, 0.25) is 5.28 Å². The standard InChI is InChI=1S/C10H14ClN3/c1-7-6-9(13-10(11)12-7)14(2)8-4-3-5-8/h6,8H,3-5H2,1-2H3. The van der Waals surface area contributed by atoms with E-state index in [0.717, 1.165) is 11.5 Å². The zero-order valence-electron chi connectivity index (χ0n) is 8.50. The van der Waals surface area contributed by atoms with E-state index in [0.29, 0.717) is 11.3 Å². The molecule has 1 heterocycles. The van der Waals surface area contributed by atoms with Crippen molar-refractivity contribution in [2.75, 3.05) is 11.9 Å². The second kappa shape index (κ2) is 3.73. The van der Waals surface area contributed by atoms with Crippen LogP contribution in [-0.2, 0) is 0 Å². The van der Waals surface area contributed by atoms with Crippen molar-refractivity contribution >= 4 is 17.4 Å². The molecule has 0 spiro atoms. The largest absolute Gasteiger partial charge is 0.357 e. The molecular formula is C10H14ClN3. The SMILES string of the molecule is Cc1cc(N(C)C2CCC2)nc(Cl)n1. The molecular weight excluding hydrogens is 198 g/mol. The normalized spacial score (nSPS) is 16.5. The fraction of sp³-hybridized carbons (Fsp3) is 0.600. The number of halogens is 1. The number of aromatic nitrogens is 2. The average Bonchev–Trinajstić information content (AvgIpc) is 1.98. The van der Waals surface area contributed by atoms with Crippen LogP contribution < -0.4 is 4.90 Å². The first-order valence-corrected chi connectivity index (χ1v) is 5.28. The molecule has 2 rings (SSSR count). The van der Waals surface area contributed by atoms with Crippen molar-refractivity contribution in [2.24, 2.45) is 0 Å². The van der Waals surface area contributed by atoms with Crippen LogP contribution in [0.3, 0.4) is 0 Å². The molecule has 0 unspecified atom stereocenters. The molecule has 0 N–H and O–H groups in total. The number of rotatable bonds is 2. The Labute approximate surface area is 89.1 Å². The monoisotopic (exact) mass is 211 g/mol.